The number of imidazole rings is 1. The Hall–Kier alpha value is -0.830. The van der Waals surface area contributed by atoms with Gasteiger partial charge in [0.05, 0.1) is 5.69 Å². The third-order valence-electron chi connectivity index (χ3n) is 3.95. The molecule has 0 atom stereocenters. The molecule has 84 valence electrons. The zero-order valence-corrected chi connectivity index (χ0v) is 10.4. The van der Waals surface area contributed by atoms with Crippen LogP contribution in [0.15, 0.2) is 0 Å². The van der Waals surface area contributed by atoms with Gasteiger partial charge in [-0.15, -0.1) is 11.3 Å². The molecule has 2 aliphatic carbocycles. The Morgan fingerprint density at radius 1 is 1.25 bits per heavy atom. The summed E-state index contributed by atoms with van der Waals surface area (Å²) >= 11 is 1.93. The summed E-state index contributed by atoms with van der Waals surface area (Å²) in [6.07, 6.45) is 7.97. The molecular formula is C13H16N2S. The van der Waals surface area contributed by atoms with Crippen LogP contribution in [0, 0.1) is 6.92 Å². The van der Waals surface area contributed by atoms with E-state index in [0.717, 1.165) is 5.92 Å². The maximum absolute atomic E-state index is 4.86. The highest BCUT2D eigenvalue weighted by Crippen LogP contribution is 2.43. The van der Waals surface area contributed by atoms with Crippen molar-refractivity contribution in [2.24, 2.45) is 0 Å². The molecule has 1 saturated carbocycles. The zero-order chi connectivity index (χ0) is 10.7. The summed E-state index contributed by atoms with van der Waals surface area (Å²) in [6.45, 7) is 2.26. The topological polar surface area (TPSA) is 17.3 Å². The Bertz CT molecular complexity index is 560. The molecule has 2 aromatic rings. The van der Waals surface area contributed by atoms with Gasteiger partial charge in [0.25, 0.3) is 0 Å². The van der Waals surface area contributed by atoms with Gasteiger partial charge in [0.2, 0.25) is 0 Å². The molecule has 0 aliphatic heterocycles. The van der Waals surface area contributed by atoms with Crippen LogP contribution in [0.2, 0.25) is 0 Å². The lowest BCUT2D eigenvalue weighted by Crippen LogP contribution is -2.03. The van der Waals surface area contributed by atoms with Crippen LogP contribution < -0.4 is 0 Å². The summed E-state index contributed by atoms with van der Waals surface area (Å²) in [6, 6.07) is 0. The second-order valence-electron chi connectivity index (χ2n) is 5.15. The van der Waals surface area contributed by atoms with Crippen molar-refractivity contribution < 1.29 is 0 Å². The van der Waals surface area contributed by atoms with Crippen molar-refractivity contribution in [3.8, 4) is 0 Å². The molecule has 0 bridgehead atoms. The van der Waals surface area contributed by atoms with E-state index in [-0.39, 0.29) is 0 Å². The molecule has 2 aliphatic rings. The van der Waals surface area contributed by atoms with Crippen molar-refractivity contribution in [3.63, 3.8) is 0 Å². The standard InChI is InChI=1S/C13H16N2S/c1-8-12(9-6-7-9)14-13-15(8)10-4-2-3-5-11(10)16-13/h9H,2-7H2,1H3. The summed E-state index contributed by atoms with van der Waals surface area (Å²) in [5.74, 6) is 0.784. The monoisotopic (exact) mass is 232 g/mol. The molecule has 16 heavy (non-hydrogen) atoms. The normalized spacial score (nSPS) is 20.3. The van der Waals surface area contributed by atoms with Gasteiger partial charge in [0.1, 0.15) is 0 Å². The fraction of sp³-hybridized carbons (Fsp3) is 0.615. The number of rotatable bonds is 1. The molecule has 1 fully saturated rings. The summed E-state index contributed by atoms with van der Waals surface area (Å²) < 4.78 is 2.45. The Morgan fingerprint density at radius 3 is 2.88 bits per heavy atom. The largest absolute Gasteiger partial charge is 0.291 e. The zero-order valence-electron chi connectivity index (χ0n) is 9.62. The number of nitrogens with zero attached hydrogens (tertiary/aromatic N) is 2. The summed E-state index contributed by atoms with van der Waals surface area (Å²) in [4.78, 5) is 7.71. The number of hydrogen-bond donors (Lipinski definition) is 0. The van der Waals surface area contributed by atoms with Crippen LogP contribution >= 0.6 is 11.3 Å². The first-order valence-electron chi connectivity index (χ1n) is 6.34. The van der Waals surface area contributed by atoms with Crippen LogP contribution in [0.1, 0.15) is 53.6 Å². The first kappa shape index (κ1) is 9.23. The molecule has 0 unspecified atom stereocenters. The Morgan fingerprint density at radius 2 is 2.06 bits per heavy atom. The molecule has 0 N–H and O–H groups in total. The number of thiazole rings is 1. The van der Waals surface area contributed by atoms with E-state index in [1.807, 2.05) is 11.3 Å². The first-order chi connectivity index (χ1) is 7.84. The molecular weight excluding hydrogens is 216 g/mol. The van der Waals surface area contributed by atoms with Gasteiger partial charge in [-0.05, 0) is 45.4 Å². The van der Waals surface area contributed by atoms with Crippen LogP contribution in [-0.4, -0.2) is 9.38 Å². The van der Waals surface area contributed by atoms with Crippen LogP contribution in [0.5, 0.6) is 0 Å². The number of fused-ring (bicyclic) bond motifs is 3. The fourth-order valence-corrected chi connectivity index (χ4v) is 4.20. The van der Waals surface area contributed by atoms with Crippen molar-refractivity contribution in [1.29, 1.82) is 0 Å². The second-order valence-corrected chi connectivity index (χ2v) is 6.22. The Kier molecular flexibility index (Phi) is 1.79. The first-order valence-corrected chi connectivity index (χ1v) is 7.16. The van der Waals surface area contributed by atoms with Crippen molar-refractivity contribution in [2.45, 2.75) is 51.4 Å². The van der Waals surface area contributed by atoms with E-state index in [1.54, 1.807) is 10.6 Å². The van der Waals surface area contributed by atoms with Crippen molar-refractivity contribution in [2.75, 3.05) is 0 Å². The molecule has 2 aromatic heterocycles. The third kappa shape index (κ3) is 1.15. The van der Waals surface area contributed by atoms with Crippen molar-refractivity contribution in [1.82, 2.24) is 9.38 Å². The van der Waals surface area contributed by atoms with E-state index in [9.17, 15) is 0 Å². The quantitative estimate of drug-likeness (QED) is 0.736. The minimum Gasteiger partial charge on any atom is -0.291 e. The maximum atomic E-state index is 4.86. The summed E-state index contributed by atoms with van der Waals surface area (Å²) in [7, 11) is 0. The van der Waals surface area contributed by atoms with Crippen LogP contribution in [0.25, 0.3) is 4.96 Å². The Labute approximate surface area is 99.3 Å². The van der Waals surface area contributed by atoms with E-state index in [2.05, 4.69) is 11.3 Å². The average Bonchev–Trinajstić information content (AvgIpc) is 2.99. The third-order valence-corrected chi connectivity index (χ3v) is 5.09. The molecule has 3 heteroatoms. The van der Waals surface area contributed by atoms with Crippen LogP contribution in [0.4, 0.5) is 0 Å². The smallest absolute Gasteiger partial charge is 0.194 e. The van der Waals surface area contributed by atoms with Gasteiger partial charge in [-0.25, -0.2) is 4.98 Å². The molecule has 0 spiro atoms. The highest BCUT2D eigenvalue weighted by atomic mass is 32.1. The number of aryl methyl sites for hydroxylation is 3. The molecule has 0 aromatic carbocycles. The van der Waals surface area contributed by atoms with Gasteiger partial charge in [-0.1, -0.05) is 0 Å². The van der Waals surface area contributed by atoms with Gasteiger partial charge in [-0.2, -0.15) is 0 Å². The number of aromatic nitrogens is 2. The van der Waals surface area contributed by atoms with Gasteiger partial charge in [0.15, 0.2) is 4.96 Å². The van der Waals surface area contributed by atoms with E-state index < -0.39 is 0 Å². The van der Waals surface area contributed by atoms with E-state index in [0.29, 0.717) is 0 Å². The lowest BCUT2D eigenvalue weighted by molar-refractivity contribution is 0.672. The lowest BCUT2D eigenvalue weighted by Gasteiger charge is -2.11. The minimum atomic E-state index is 0.784. The average molecular weight is 232 g/mol. The van der Waals surface area contributed by atoms with Gasteiger partial charge < -0.3 is 0 Å². The van der Waals surface area contributed by atoms with Gasteiger partial charge >= 0.3 is 0 Å². The molecule has 2 nitrogen and oxygen atoms in total. The van der Waals surface area contributed by atoms with Crippen LogP contribution in [-0.2, 0) is 12.8 Å². The second kappa shape index (κ2) is 3.10. The molecule has 2 heterocycles. The van der Waals surface area contributed by atoms with Gasteiger partial charge in [0, 0.05) is 22.2 Å². The fourth-order valence-electron chi connectivity index (χ4n) is 2.94. The van der Waals surface area contributed by atoms with E-state index in [1.165, 1.54) is 54.9 Å². The van der Waals surface area contributed by atoms with Crippen molar-refractivity contribution in [3.05, 3.63) is 22.0 Å². The predicted molar refractivity (Wildman–Crippen MR) is 66.4 cm³/mol. The highest BCUT2D eigenvalue weighted by Gasteiger charge is 2.30. The SMILES string of the molecule is Cc1c(C2CC2)nc2sc3c(n12)CCCC3. The summed E-state index contributed by atoms with van der Waals surface area (Å²) in [5, 5.41) is 0. The predicted octanol–water partition coefficient (Wildman–Crippen LogP) is 3.46. The highest BCUT2D eigenvalue weighted by molar-refractivity contribution is 7.17. The van der Waals surface area contributed by atoms with E-state index >= 15 is 0 Å². The van der Waals surface area contributed by atoms with E-state index in [4.69, 9.17) is 4.98 Å². The molecule has 0 amide bonds. The van der Waals surface area contributed by atoms with Crippen LogP contribution in [0.3, 0.4) is 0 Å². The molecule has 0 saturated heterocycles. The maximum Gasteiger partial charge on any atom is 0.194 e. The van der Waals surface area contributed by atoms with Crippen molar-refractivity contribution >= 4 is 16.3 Å². The number of hydrogen-bond acceptors (Lipinski definition) is 2. The van der Waals surface area contributed by atoms with Gasteiger partial charge in [-0.3, -0.25) is 4.40 Å². The lowest BCUT2D eigenvalue weighted by atomic mass is 10.0. The molecule has 4 rings (SSSR count). The summed E-state index contributed by atoms with van der Waals surface area (Å²) in [5.41, 5.74) is 4.39. The minimum absolute atomic E-state index is 0.784. The Balaban J connectivity index is 1.98. The molecule has 0 radical (unpaired) electrons.